The monoisotopic (exact) mass is 333 g/mol. The lowest BCUT2D eigenvalue weighted by molar-refractivity contribution is 0.415. The number of hydrogen-bond acceptors (Lipinski definition) is 6. The molecule has 2 heterocycles. The van der Waals surface area contributed by atoms with E-state index in [2.05, 4.69) is 9.97 Å². The van der Waals surface area contributed by atoms with Crippen LogP contribution in [0.3, 0.4) is 0 Å². The quantitative estimate of drug-likeness (QED) is 0.764. The van der Waals surface area contributed by atoms with E-state index < -0.39 is 5.69 Å². The number of methoxy groups -OCH3 is 1. The molecule has 0 unspecified atom stereocenters. The van der Waals surface area contributed by atoms with Gasteiger partial charge in [0.15, 0.2) is 12.2 Å². The SMILES string of the molecule is COc1cc2[nH]c(=O)n(CCSC)c(=O)c2cc1-c1cnco1. The molecule has 23 heavy (non-hydrogen) atoms. The van der Waals surface area contributed by atoms with Crippen molar-refractivity contribution in [3.8, 4) is 17.1 Å². The third-order valence-electron chi connectivity index (χ3n) is 3.52. The Bertz CT molecular complexity index is 944. The summed E-state index contributed by atoms with van der Waals surface area (Å²) in [5, 5.41) is 0.401. The first kappa shape index (κ1) is 15.4. The van der Waals surface area contributed by atoms with Crippen LogP contribution in [0.1, 0.15) is 0 Å². The Morgan fingerprint density at radius 3 is 2.87 bits per heavy atom. The Morgan fingerprint density at radius 1 is 1.39 bits per heavy atom. The standard InChI is InChI=1S/C15H15N3O4S/c1-21-12-6-11-9(5-10(12)13-7-16-8-22-13)14(19)18(3-4-23-2)15(20)17-11/h5-8H,3-4H2,1-2H3,(H,17,20). The van der Waals surface area contributed by atoms with Crippen molar-refractivity contribution < 1.29 is 9.15 Å². The molecule has 8 heteroatoms. The number of oxazole rings is 1. The summed E-state index contributed by atoms with van der Waals surface area (Å²) in [6.07, 6.45) is 4.78. The third-order valence-corrected chi connectivity index (χ3v) is 4.11. The molecule has 3 rings (SSSR count). The molecule has 0 atom stereocenters. The Hall–Kier alpha value is -2.48. The van der Waals surface area contributed by atoms with Gasteiger partial charge in [-0.1, -0.05) is 0 Å². The minimum Gasteiger partial charge on any atom is -0.496 e. The number of benzene rings is 1. The lowest BCUT2D eigenvalue weighted by Crippen LogP contribution is -2.35. The highest BCUT2D eigenvalue weighted by Crippen LogP contribution is 2.32. The molecule has 1 aromatic carbocycles. The van der Waals surface area contributed by atoms with Crippen molar-refractivity contribution in [2.24, 2.45) is 0 Å². The highest BCUT2D eigenvalue weighted by atomic mass is 32.2. The molecule has 1 N–H and O–H groups in total. The minimum absolute atomic E-state index is 0.332. The predicted molar refractivity (Wildman–Crippen MR) is 89.3 cm³/mol. The zero-order valence-electron chi connectivity index (χ0n) is 12.7. The molecule has 0 aliphatic rings. The summed E-state index contributed by atoms with van der Waals surface area (Å²) in [6.45, 7) is 0.356. The first-order valence-corrected chi connectivity index (χ1v) is 8.27. The molecule has 2 aromatic heterocycles. The van der Waals surface area contributed by atoms with Crippen molar-refractivity contribution in [3.05, 3.63) is 45.6 Å². The van der Waals surface area contributed by atoms with Gasteiger partial charge in [0.2, 0.25) is 0 Å². The van der Waals surface area contributed by atoms with Gasteiger partial charge in [0.25, 0.3) is 5.56 Å². The van der Waals surface area contributed by atoms with Crippen LogP contribution < -0.4 is 16.0 Å². The maximum atomic E-state index is 12.6. The number of rotatable bonds is 5. The number of fused-ring (bicyclic) bond motifs is 1. The van der Waals surface area contributed by atoms with Gasteiger partial charge in [-0.2, -0.15) is 11.8 Å². The second kappa shape index (κ2) is 6.33. The summed E-state index contributed by atoms with van der Waals surface area (Å²) >= 11 is 1.57. The maximum Gasteiger partial charge on any atom is 0.328 e. The Balaban J connectivity index is 2.28. The Labute approximate surface area is 135 Å². The number of aromatic nitrogens is 3. The van der Waals surface area contributed by atoms with E-state index in [-0.39, 0.29) is 5.56 Å². The third kappa shape index (κ3) is 2.77. The molecule has 0 bridgehead atoms. The minimum atomic E-state index is -0.425. The highest BCUT2D eigenvalue weighted by Gasteiger charge is 2.15. The molecule has 120 valence electrons. The van der Waals surface area contributed by atoms with E-state index in [0.717, 1.165) is 0 Å². The molecule has 0 amide bonds. The largest absolute Gasteiger partial charge is 0.496 e. The number of thioether (sulfide) groups is 1. The number of nitrogens with one attached hydrogen (secondary N) is 1. The fourth-order valence-corrected chi connectivity index (χ4v) is 2.74. The van der Waals surface area contributed by atoms with Crippen molar-refractivity contribution in [1.29, 1.82) is 0 Å². The molecule has 0 saturated carbocycles. The normalized spacial score (nSPS) is 11.0. The van der Waals surface area contributed by atoms with Gasteiger partial charge < -0.3 is 14.1 Å². The van der Waals surface area contributed by atoms with E-state index in [4.69, 9.17) is 9.15 Å². The topological polar surface area (TPSA) is 90.1 Å². The molecule has 0 aliphatic carbocycles. The number of nitrogens with zero attached hydrogens (tertiary/aromatic N) is 2. The zero-order valence-corrected chi connectivity index (χ0v) is 13.5. The van der Waals surface area contributed by atoms with E-state index >= 15 is 0 Å². The average Bonchev–Trinajstić information content (AvgIpc) is 3.08. The smallest absolute Gasteiger partial charge is 0.328 e. The number of H-pyrrole nitrogens is 1. The number of aromatic amines is 1. The van der Waals surface area contributed by atoms with E-state index in [0.29, 0.717) is 40.3 Å². The lowest BCUT2D eigenvalue weighted by atomic mass is 10.1. The number of ether oxygens (including phenoxy) is 1. The molecular formula is C15H15N3O4S. The molecule has 0 radical (unpaired) electrons. The predicted octanol–water partition coefficient (Wildman–Crippen LogP) is 1.72. The summed E-state index contributed by atoms with van der Waals surface area (Å²) in [5.74, 6) is 1.66. The van der Waals surface area contributed by atoms with Crippen LogP contribution in [0.2, 0.25) is 0 Å². The van der Waals surface area contributed by atoms with Crippen LogP contribution in [0.25, 0.3) is 22.2 Å². The van der Waals surface area contributed by atoms with Crippen LogP contribution in [0, 0.1) is 0 Å². The van der Waals surface area contributed by atoms with Gasteiger partial charge in [-0.15, -0.1) is 0 Å². The van der Waals surface area contributed by atoms with Crippen LogP contribution in [-0.4, -0.2) is 33.7 Å². The second-order valence-corrected chi connectivity index (χ2v) is 5.83. The van der Waals surface area contributed by atoms with E-state index in [1.807, 2.05) is 6.26 Å². The fourth-order valence-electron chi connectivity index (χ4n) is 2.38. The van der Waals surface area contributed by atoms with Crippen LogP contribution in [0.15, 0.2) is 38.7 Å². The molecule has 0 fully saturated rings. The summed E-state index contributed by atoms with van der Waals surface area (Å²) in [6, 6.07) is 3.28. The molecular weight excluding hydrogens is 318 g/mol. The summed E-state index contributed by atoms with van der Waals surface area (Å²) in [5.41, 5.74) is 0.283. The van der Waals surface area contributed by atoms with Gasteiger partial charge in [0.05, 0.1) is 29.8 Å². The van der Waals surface area contributed by atoms with Gasteiger partial charge >= 0.3 is 5.69 Å². The van der Waals surface area contributed by atoms with Crippen molar-refractivity contribution in [2.75, 3.05) is 19.1 Å². The van der Waals surface area contributed by atoms with E-state index in [1.54, 1.807) is 30.1 Å². The second-order valence-electron chi connectivity index (χ2n) is 4.84. The summed E-state index contributed by atoms with van der Waals surface area (Å²) in [4.78, 5) is 31.3. The van der Waals surface area contributed by atoms with Gasteiger partial charge in [-0.05, 0) is 12.3 Å². The van der Waals surface area contributed by atoms with Crippen LogP contribution in [0.4, 0.5) is 0 Å². The Morgan fingerprint density at radius 2 is 2.22 bits per heavy atom. The van der Waals surface area contributed by atoms with Gasteiger partial charge in [0, 0.05) is 18.4 Å². The van der Waals surface area contributed by atoms with Crippen molar-refractivity contribution in [3.63, 3.8) is 0 Å². The van der Waals surface area contributed by atoms with Crippen LogP contribution in [-0.2, 0) is 6.54 Å². The first-order chi connectivity index (χ1) is 11.2. The summed E-state index contributed by atoms with van der Waals surface area (Å²) < 4.78 is 11.8. The lowest BCUT2D eigenvalue weighted by Gasteiger charge is -2.10. The van der Waals surface area contributed by atoms with Gasteiger partial charge in [0.1, 0.15) is 5.75 Å². The van der Waals surface area contributed by atoms with Gasteiger partial charge in [-0.3, -0.25) is 9.36 Å². The maximum absolute atomic E-state index is 12.6. The van der Waals surface area contributed by atoms with E-state index in [1.165, 1.54) is 18.1 Å². The Kier molecular flexibility index (Phi) is 4.24. The van der Waals surface area contributed by atoms with Crippen molar-refractivity contribution >= 4 is 22.7 Å². The molecule has 0 spiro atoms. The van der Waals surface area contributed by atoms with Gasteiger partial charge in [-0.25, -0.2) is 9.78 Å². The summed E-state index contributed by atoms with van der Waals surface area (Å²) in [7, 11) is 1.51. The van der Waals surface area contributed by atoms with Crippen LogP contribution >= 0.6 is 11.8 Å². The van der Waals surface area contributed by atoms with Crippen molar-refractivity contribution in [1.82, 2.24) is 14.5 Å². The molecule has 0 aliphatic heterocycles. The zero-order chi connectivity index (χ0) is 16.4. The number of hydrogen-bond donors (Lipinski definition) is 1. The van der Waals surface area contributed by atoms with E-state index in [9.17, 15) is 9.59 Å². The molecule has 0 saturated heterocycles. The molecule has 7 nitrogen and oxygen atoms in total. The molecule has 3 aromatic rings. The highest BCUT2D eigenvalue weighted by molar-refractivity contribution is 7.98. The first-order valence-electron chi connectivity index (χ1n) is 6.88. The van der Waals surface area contributed by atoms with Crippen molar-refractivity contribution in [2.45, 2.75) is 6.54 Å². The van der Waals surface area contributed by atoms with Crippen LogP contribution in [0.5, 0.6) is 5.75 Å². The fraction of sp³-hybridized carbons (Fsp3) is 0.267. The average molecular weight is 333 g/mol.